The summed E-state index contributed by atoms with van der Waals surface area (Å²) < 4.78 is 5.23. The number of nitrogens with two attached hydrogens (primary N) is 1. The van der Waals surface area contributed by atoms with E-state index in [2.05, 4.69) is 19.9 Å². The molecule has 2 aromatic rings. The van der Waals surface area contributed by atoms with Crippen molar-refractivity contribution in [3.05, 3.63) is 42.1 Å². The lowest BCUT2D eigenvalue weighted by Crippen LogP contribution is -2.66. The van der Waals surface area contributed by atoms with Gasteiger partial charge in [0.15, 0.2) is 5.89 Å². The first-order chi connectivity index (χ1) is 11.1. The molecule has 1 atom stereocenters. The first-order valence-corrected chi connectivity index (χ1v) is 7.81. The van der Waals surface area contributed by atoms with Gasteiger partial charge in [0.2, 0.25) is 5.91 Å². The van der Waals surface area contributed by atoms with E-state index in [-0.39, 0.29) is 5.91 Å². The molecule has 1 amide bonds. The van der Waals surface area contributed by atoms with E-state index in [0.29, 0.717) is 12.4 Å². The van der Waals surface area contributed by atoms with Crippen LogP contribution in [0.4, 0.5) is 0 Å². The Morgan fingerprint density at radius 2 is 2.30 bits per heavy atom. The molecule has 2 aromatic heterocycles. The van der Waals surface area contributed by atoms with Crippen LogP contribution in [0.2, 0.25) is 0 Å². The summed E-state index contributed by atoms with van der Waals surface area (Å²) in [7, 11) is 0. The number of oxazole rings is 1. The van der Waals surface area contributed by atoms with Gasteiger partial charge in [-0.05, 0) is 25.7 Å². The first-order valence-electron chi connectivity index (χ1n) is 7.81. The quantitative estimate of drug-likeness (QED) is 0.825. The Morgan fingerprint density at radius 1 is 1.43 bits per heavy atom. The van der Waals surface area contributed by atoms with Crippen LogP contribution in [0.15, 0.2) is 29.3 Å². The molecule has 3 heterocycles. The molecule has 0 bridgehead atoms. The molecule has 0 aromatic carbocycles. The SMILES string of the molecule is Cc1nc(CN2CC[C@]2(CCCc2cnccn2)C(N)=O)co1. The maximum Gasteiger partial charge on any atom is 0.238 e. The van der Waals surface area contributed by atoms with E-state index in [1.807, 2.05) is 6.92 Å². The predicted octanol–water partition coefficient (Wildman–Crippen LogP) is 1.23. The molecule has 7 nitrogen and oxygen atoms in total. The normalized spacial score (nSPS) is 21.1. The molecule has 3 rings (SSSR count). The highest BCUT2D eigenvalue weighted by Gasteiger charge is 2.49. The fourth-order valence-electron chi connectivity index (χ4n) is 3.15. The second-order valence-corrected chi connectivity index (χ2v) is 5.98. The van der Waals surface area contributed by atoms with E-state index in [9.17, 15) is 4.79 Å². The highest BCUT2D eigenvalue weighted by atomic mass is 16.3. The maximum absolute atomic E-state index is 12.1. The van der Waals surface area contributed by atoms with Gasteiger partial charge >= 0.3 is 0 Å². The highest BCUT2D eigenvalue weighted by molar-refractivity contribution is 5.85. The lowest BCUT2D eigenvalue weighted by molar-refractivity contribution is -0.141. The van der Waals surface area contributed by atoms with Crippen molar-refractivity contribution in [3.63, 3.8) is 0 Å². The van der Waals surface area contributed by atoms with Gasteiger partial charge in [-0.3, -0.25) is 19.7 Å². The van der Waals surface area contributed by atoms with Crippen molar-refractivity contribution < 1.29 is 9.21 Å². The van der Waals surface area contributed by atoms with Crippen LogP contribution in [-0.4, -0.2) is 37.8 Å². The Morgan fingerprint density at radius 3 is 2.87 bits per heavy atom. The van der Waals surface area contributed by atoms with E-state index in [0.717, 1.165) is 43.6 Å². The van der Waals surface area contributed by atoms with Gasteiger partial charge in [-0.15, -0.1) is 0 Å². The Balaban J connectivity index is 1.62. The van der Waals surface area contributed by atoms with Crippen molar-refractivity contribution in [2.45, 2.75) is 44.7 Å². The summed E-state index contributed by atoms with van der Waals surface area (Å²) in [6.07, 6.45) is 9.88. The standard InChI is InChI=1S/C16H21N5O2/c1-12-20-14(11-23-12)10-21-8-5-16(21,15(17)22)4-2-3-13-9-18-6-7-19-13/h6-7,9,11H,2-5,8,10H2,1H3,(H2,17,22)/t16-/m1/s1. The van der Waals surface area contributed by atoms with Crippen molar-refractivity contribution in [3.8, 4) is 0 Å². The van der Waals surface area contributed by atoms with Gasteiger partial charge in [-0.25, -0.2) is 4.98 Å². The summed E-state index contributed by atoms with van der Waals surface area (Å²) in [5.41, 5.74) is 6.90. The number of aryl methyl sites for hydroxylation is 2. The summed E-state index contributed by atoms with van der Waals surface area (Å²) in [6, 6.07) is 0. The second-order valence-electron chi connectivity index (χ2n) is 5.98. The van der Waals surface area contributed by atoms with Crippen molar-refractivity contribution >= 4 is 5.91 Å². The number of carbonyl (C=O) groups is 1. The molecule has 1 aliphatic heterocycles. The van der Waals surface area contributed by atoms with E-state index in [4.69, 9.17) is 10.2 Å². The van der Waals surface area contributed by atoms with Crippen LogP contribution in [0.5, 0.6) is 0 Å². The molecule has 7 heteroatoms. The Hall–Kier alpha value is -2.28. The second kappa shape index (κ2) is 6.45. The lowest BCUT2D eigenvalue weighted by atomic mass is 9.79. The smallest absolute Gasteiger partial charge is 0.238 e. The summed E-state index contributed by atoms with van der Waals surface area (Å²) in [5.74, 6) is 0.371. The number of amides is 1. The fourth-order valence-corrected chi connectivity index (χ4v) is 3.15. The predicted molar refractivity (Wildman–Crippen MR) is 83.2 cm³/mol. The number of carbonyl (C=O) groups excluding carboxylic acids is 1. The Bertz CT molecular complexity index is 672. The molecule has 0 aliphatic carbocycles. The molecule has 1 aliphatic rings. The van der Waals surface area contributed by atoms with Crippen LogP contribution in [0.3, 0.4) is 0 Å². The zero-order chi connectivity index (χ0) is 16.3. The minimum Gasteiger partial charge on any atom is -0.449 e. The van der Waals surface area contributed by atoms with E-state index in [1.54, 1.807) is 24.9 Å². The lowest BCUT2D eigenvalue weighted by Gasteiger charge is -2.50. The van der Waals surface area contributed by atoms with Crippen molar-refractivity contribution in [1.82, 2.24) is 19.9 Å². The van der Waals surface area contributed by atoms with Crippen LogP contribution in [0, 0.1) is 6.92 Å². The van der Waals surface area contributed by atoms with Crippen LogP contribution < -0.4 is 5.73 Å². The topological polar surface area (TPSA) is 98.1 Å². The number of aromatic nitrogens is 3. The number of primary amides is 1. The molecule has 0 spiro atoms. The van der Waals surface area contributed by atoms with Gasteiger partial charge in [0.05, 0.1) is 11.4 Å². The summed E-state index contributed by atoms with van der Waals surface area (Å²) >= 11 is 0. The average molecular weight is 315 g/mol. The summed E-state index contributed by atoms with van der Waals surface area (Å²) in [5, 5.41) is 0. The van der Waals surface area contributed by atoms with Crippen molar-refractivity contribution in [1.29, 1.82) is 0 Å². The molecular formula is C16H21N5O2. The third kappa shape index (κ3) is 3.24. The maximum atomic E-state index is 12.1. The first kappa shape index (κ1) is 15.6. The molecular weight excluding hydrogens is 294 g/mol. The third-order valence-corrected chi connectivity index (χ3v) is 4.52. The van der Waals surface area contributed by atoms with Gasteiger partial charge in [-0.1, -0.05) is 0 Å². The number of hydrogen-bond donors (Lipinski definition) is 1. The minimum atomic E-state index is -0.574. The molecule has 1 fully saturated rings. The summed E-state index contributed by atoms with van der Waals surface area (Å²) in [4.78, 5) is 26.8. The monoisotopic (exact) mass is 315 g/mol. The molecule has 122 valence electrons. The van der Waals surface area contributed by atoms with Gasteiger partial charge in [0.25, 0.3) is 0 Å². The van der Waals surface area contributed by atoms with Gasteiger partial charge in [0.1, 0.15) is 11.8 Å². The van der Waals surface area contributed by atoms with Gasteiger partial charge < -0.3 is 10.2 Å². The van der Waals surface area contributed by atoms with Crippen LogP contribution in [0.25, 0.3) is 0 Å². The summed E-state index contributed by atoms with van der Waals surface area (Å²) in [6.45, 7) is 3.24. The largest absolute Gasteiger partial charge is 0.449 e. The molecule has 0 unspecified atom stereocenters. The van der Waals surface area contributed by atoms with E-state index < -0.39 is 5.54 Å². The third-order valence-electron chi connectivity index (χ3n) is 4.52. The number of nitrogens with zero attached hydrogens (tertiary/aromatic N) is 4. The number of likely N-dealkylation sites (tertiary alicyclic amines) is 1. The molecule has 23 heavy (non-hydrogen) atoms. The number of hydrogen-bond acceptors (Lipinski definition) is 6. The van der Waals surface area contributed by atoms with Gasteiger partial charge in [0, 0.05) is 38.6 Å². The Labute approximate surface area is 134 Å². The van der Waals surface area contributed by atoms with Crippen molar-refractivity contribution in [2.24, 2.45) is 5.73 Å². The minimum absolute atomic E-state index is 0.261. The molecule has 2 N–H and O–H groups in total. The molecule has 0 saturated carbocycles. The van der Waals surface area contributed by atoms with E-state index >= 15 is 0 Å². The average Bonchev–Trinajstić information content (AvgIpc) is 2.94. The Kier molecular flexibility index (Phi) is 4.38. The van der Waals surface area contributed by atoms with Gasteiger partial charge in [-0.2, -0.15) is 0 Å². The van der Waals surface area contributed by atoms with E-state index in [1.165, 1.54) is 0 Å². The van der Waals surface area contributed by atoms with Crippen LogP contribution in [-0.2, 0) is 17.8 Å². The number of rotatable bonds is 7. The van der Waals surface area contributed by atoms with Crippen LogP contribution >= 0.6 is 0 Å². The fraction of sp³-hybridized carbons (Fsp3) is 0.500. The molecule has 0 radical (unpaired) electrons. The van der Waals surface area contributed by atoms with Crippen LogP contribution in [0.1, 0.15) is 36.5 Å². The van der Waals surface area contributed by atoms with Crippen molar-refractivity contribution in [2.75, 3.05) is 6.54 Å². The molecule has 1 saturated heterocycles. The zero-order valence-electron chi connectivity index (χ0n) is 13.2. The zero-order valence-corrected chi connectivity index (χ0v) is 13.2. The highest BCUT2D eigenvalue weighted by Crippen LogP contribution is 2.36.